The summed E-state index contributed by atoms with van der Waals surface area (Å²) in [6.45, 7) is 1.46. The van der Waals surface area contributed by atoms with E-state index >= 15 is 0 Å². The van der Waals surface area contributed by atoms with Crippen molar-refractivity contribution in [1.29, 1.82) is 0 Å². The van der Waals surface area contributed by atoms with E-state index in [0.717, 1.165) is 11.1 Å². The van der Waals surface area contributed by atoms with Crippen molar-refractivity contribution in [2.75, 3.05) is 5.32 Å². The molecule has 0 aliphatic rings. The van der Waals surface area contributed by atoms with Crippen LogP contribution in [-0.4, -0.2) is 10.5 Å². The topological polar surface area (TPSA) is 51.1 Å². The molecule has 0 bridgehead atoms. The fourth-order valence-corrected chi connectivity index (χ4v) is 1.68. The van der Waals surface area contributed by atoms with Gasteiger partial charge in [0, 0.05) is 31.9 Å². The molecular formula is C14H13N2O2. The molecule has 1 N–H and O–H groups in total. The molecule has 0 aliphatic carbocycles. The smallest absolute Gasteiger partial charge is 0.250 e. The maximum absolute atomic E-state index is 11.3. The van der Waals surface area contributed by atoms with Gasteiger partial charge in [0.2, 0.25) is 11.5 Å². The molecule has 0 aliphatic heterocycles. The van der Waals surface area contributed by atoms with Crippen LogP contribution in [0.25, 0.3) is 11.1 Å². The van der Waals surface area contributed by atoms with Crippen molar-refractivity contribution >= 4 is 11.6 Å². The SMILES string of the molecule is CC(=O)Nc1c[c]cc(-c2ccc(=O)n(C)c2)c1. The molecule has 4 nitrogen and oxygen atoms in total. The third-order valence-electron chi connectivity index (χ3n) is 2.53. The van der Waals surface area contributed by atoms with Gasteiger partial charge in [-0.2, -0.15) is 0 Å². The maximum Gasteiger partial charge on any atom is 0.250 e. The predicted molar refractivity (Wildman–Crippen MR) is 70.3 cm³/mol. The molecule has 2 aromatic rings. The summed E-state index contributed by atoms with van der Waals surface area (Å²) < 4.78 is 1.51. The molecule has 1 amide bonds. The van der Waals surface area contributed by atoms with E-state index in [1.165, 1.54) is 17.6 Å². The summed E-state index contributed by atoms with van der Waals surface area (Å²) in [7, 11) is 1.70. The summed E-state index contributed by atoms with van der Waals surface area (Å²) >= 11 is 0. The lowest BCUT2D eigenvalue weighted by molar-refractivity contribution is -0.114. The normalized spacial score (nSPS) is 10.1. The van der Waals surface area contributed by atoms with Gasteiger partial charge in [-0.05, 0) is 41.5 Å². The fraction of sp³-hybridized carbons (Fsp3) is 0.143. The Balaban J connectivity index is 2.41. The van der Waals surface area contributed by atoms with Crippen molar-refractivity contribution in [1.82, 2.24) is 4.57 Å². The number of pyridine rings is 1. The Labute approximate surface area is 105 Å². The van der Waals surface area contributed by atoms with Crippen LogP contribution in [0.5, 0.6) is 0 Å². The van der Waals surface area contributed by atoms with Crippen LogP contribution in [0.15, 0.2) is 41.3 Å². The number of aromatic nitrogens is 1. The summed E-state index contributed by atoms with van der Waals surface area (Å²) in [5.41, 5.74) is 2.44. The largest absolute Gasteiger partial charge is 0.326 e. The first-order valence-corrected chi connectivity index (χ1v) is 5.52. The van der Waals surface area contributed by atoms with E-state index < -0.39 is 0 Å². The highest BCUT2D eigenvalue weighted by Crippen LogP contribution is 2.21. The Morgan fingerprint density at radius 3 is 2.72 bits per heavy atom. The van der Waals surface area contributed by atoms with E-state index in [1.54, 1.807) is 25.4 Å². The molecule has 1 radical (unpaired) electrons. The molecule has 0 atom stereocenters. The summed E-state index contributed by atoms with van der Waals surface area (Å²) in [6.07, 6.45) is 1.75. The molecule has 4 heteroatoms. The number of anilines is 1. The second-order valence-corrected chi connectivity index (χ2v) is 4.06. The van der Waals surface area contributed by atoms with Gasteiger partial charge >= 0.3 is 0 Å². The molecule has 18 heavy (non-hydrogen) atoms. The van der Waals surface area contributed by atoms with E-state index in [-0.39, 0.29) is 11.5 Å². The van der Waals surface area contributed by atoms with Gasteiger partial charge < -0.3 is 9.88 Å². The number of nitrogens with zero attached hydrogens (tertiary/aromatic N) is 1. The summed E-state index contributed by atoms with van der Waals surface area (Å²) in [6, 6.07) is 11.6. The average molecular weight is 241 g/mol. The molecular weight excluding hydrogens is 228 g/mol. The van der Waals surface area contributed by atoms with Crippen molar-refractivity contribution in [3.05, 3.63) is 52.9 Å². The van der Waals surface area contributed by atoms with Gasteiger partial charge in [-0.1, -0.05) is 0 Å². The van der Waals surface area contributed by atoms with Gasteiger partial charge in [0.25, 0.3) is 0 Å². The number of carbonyl (C=O) groups is 1. The molecule has 0 fully saturated rings. The van der Waals surface area contributed by atoms with Crippen LogP contribution >= 0.6 is 0 Å². The molecule has 1 aromatic heterocycles. The fourth-order valence-electron chi connectivity index (χ4n) is 1.68. The van der Waals surface area contributed by atoms with Crippen molar-refractivity contribution in [2.24, 2.45) is 7.05 Å². The lowest BCUT2D eigenvalue weighted by atomic mass is 10.1. The third kappa shape index (κ3) is 2.66. The van der Waals surface area contributed by atoms with Crippen LogP contribution in [0.1, 0.15) is 6.92 Å². The number of nitrogens with one attached hydrogen (secondary N) is 1. The van der Waals surface area contributed by atoms with Crippen LogP contribution in [0.3, 0.4) is 0 Å². The Morgan fingerprint density at radius 1 is 1.28 bits per heavy atom. The molecule has 1 aromatic carbocycles. The van der Waals surface area contributed by atoms with Crippen molar-refractivity contribution in [3.8, 4) is 11.1 Å². The van der Waals surface area contributed by atoms with E-state index in [4.69, 9.17) is 0 Å². The molecule has 0 saturated heterocycles. The number of rotatable bonds is 2. The molecule has 1 heterocycles. The summed E-state index contributed by atoms with van der Waals surface area (Å²) in [4.78, 5) is 22.3. The van der Waals surface area contributed by atoms with Gasteiger partial charge in [0.1, 0.15) is 0 Å². The molecule has 0 spiro atoms. The Hall–Kier alpha value is -2.36. The highest BCUT2D eigenvalue weighted by atomic mass is 16.1. The molecule has 0 unspecified atom stereocenters. The Bertz CT molecular complexity index is 644. The zero-order valence-electron chi connectivity index (χ0n) is 10.2. The van der Waals surface area contributed by atoms with Gasteiger partial charge in [-0.25, -0.2) is 0 Å². The molecule has 91 valence electrons. The Kier molecular flexibility index (Phi) is 3.28. The van der Waals surface area contributed by atoms with Crippen LogP contribution in [0.4, 0.5) is 5.69 Å². The zero-order valence-corrected chi connectivity index (χ0v) is 10.2. The number of aryl methyl sites for hydroxylation is 1. The highest BCUT2D eigenvalue weighted by Gasteiger charge is 2.02. The van der Waals surface area contributed by atoms with E-state index in [0.29, 0.717) is 5.69 Å². The number of carbonyl (C=O) groups excluding carboxylic acids is 1. The predicted octanol–water partition coefficient (Wildman–Crippen LogP) is 1.81. The van der Waals surface area contributed by atoms with Gasteiger partial charge in [-0.3, -0.25) is 9.59 Å². The minimum absolute atomic E-state index is 0.0549. The van der Waals surface area contributed by atoms with Crippen molar-refractivity contribution in [3.63, 3.8) is 0 Å². The zero-order chi connectivity index (χ0) is 13.1. The standard InChI is InChI=1S/C14H13N2O2/c1-10(17)15-13-5-3-4-11(8-13)12-6-7-14(18)16(2)9-12/h4-9H,1-2H3,(H,15,17). The minimum Gasteiger partial charge on any atom is -0.326 e. The highest BCUT2D eigenvalue weighted by molar-refractivity contribution is 5.89. The first-order chi connectivity index (χ1) is 8.56. The number of amides is 1. The maximum atomic E-state index is 11.3. The van der Waals surface area contributed by atoms with Crippen LogP contribution < -0.4 is 10.9 Å². The lowest BCUT2D eigenvalue weighted by Gasteiger charge is -2.06. The number of benzene rings is 1. The van der Waals surface area contributed by atoms with Crippen LogP contribution in [0, 0.1) is 6.07 Å². The average Bonchev–Trinajstić information content (AvgIpc) is 2.32. The first kappa shape index (κ1) is 12.1. The third-order valence-corrected chi connectivity index (χ3v) is 2.53. The van der Waals surface area contributed by atoms with Gasteiger partial charge in [-0.15, -0.1) is 0 Å². The quantitative estimate of drug-likeness (QED) is 0.871. The van der Waals surface area contributed by atoms with E-state index in [2.05, 4.69) is 11.4 Å². The summed E-state index contributed by atoms with van der Waals surface area (Å²) in [5, 5.41) is 2.70. The minimum atomic E-state index is -0.124. The van der Waals surface area contributed by atoms with E-state index in [1.807, 2.05) is 12.1 Å². The monoisotopic (exact) mass is 241 g/mol. The molecule has 0 saturated carbocycles. The van der Waals surface area contributed by atoms with Crippen molar-refractivity contribution < 1.29 is 4.79 Å². The van der Waals surface area contributed by atoms with Gasteiger partial charge in [0.05, 0.1) is 0 Å². The Morgan fingerprint density at radius 2 is 2.06 bits per heavy atom. The first-order valence-electron chi connectivity index (χ1n) is 5.52. The second-order valence-electron chi connectivity index (χ2n) is 4.06. The van der Waals surface area contributed by atoms with Crippen molar-refractivity contribution in [2.45, 2.75) is 6.92 Å². The van der Waals surface area contributed by atoms with E-state index in [9.17, 15) is 9.59 Å². The lowest BCUT2D eigenvalue weighted by Crippen LogP contribution is -2.13. The summed E-state index contributed by atoms with van der Waals surface area (Å²) in [5.74, 6) is -0.124. The van der Waals surface area contributed by atoms with Crippen LogP contribution in [-0.2, 0) is 11.8 Å². The number of hydrogen-bond acceptors (Lipinski definition) is 2. The second kappa shape index (κ2) is 4.87. The van der Waals surface area contributed by atoms with Gasteiger partial charge in [0.15, 0.2) is 0 Å². The number of hydrogen-bond donors (Lipinski definition) is 1. The van der Waals surface area contributed by atoms with Crippen LogP contribution in [0.2, 0.25) is 0 Å². The molecule has 2 rings (SSSR count).